The van der Waals surface area contributed by atoms with E-state index in [9.17, 15) is 4.79 Å². The smallest absolute Gasteiger partial charge is 0.250 e. The summed E-state index contributed by atoms with van der Waals surface area (Å²) in [7, 11) is 4.08. The third kappa shape index (κ3) is 5.85. The van der Waals surface area contributed by atoms with Gasteiger partial charge in [-0.25, -0.2) is 0 Å². The number of hydrogen-bond donors (Lipinski definition) is 1. The molecular weight excluding hydrogens is 240 g/mol. The number of anilines is 1. The molecule has 0 bridgehead atoms. The molecule has 1 aromatic rings. The summed E-state index contributed by atoms with van der Waals surface area (Å²) in [5, 5.41) is 2.84. The minimum Gasteiger partial charge on any atom is -0.372 e. The minimum atomic E-state index is -0.104. The second-order valence-corrected chi connectivity index (χ2v) is 4.98. The molecule has 1 aromatic carbocycles. The minimum absolute atomic E-state index is 0.104. The van der Waals surface area contributed by atoms with Crippen LogP contribution in [0, 0.1) is 6.92 Å². The molecule has 0 radical (unpaired) electrons. The molecule has 1 amide bonds. The third-order valence-corrected chi connectivity index (χ3v) is 2.69. The summed E-state index contributed by atoms with van der Waals surface area (Å²) in [5.74, 6) is -0.104. The third-order valence-electron chi connectivity index (χ3n) is 2.69. The van der Waals surface area contributed by atoms with E-state index in [0.29, 0.717) is 6.61 Å². The second-order valence-electron chi connectivity index (χ2n) is 4.98. The van der Waals surface area contributed by atoms with Gasteiger partial charge in [-0.3, -0.25) is 4.79 Å². The van der Waals surface area contributed by atoms with Gasteiger partial charge >= 0.3 is 0 Å². The zero-order chi connectivity index (χ0) is 14.3. The van der Waals surface area contributed by atoms with E-state index in [2.05, 4.69) is 23.2 Å². The molecule has 106 valence electrons. The summed E-state index contributed by atoms with van der Waals surface area (Å²) < 4.78 is 5.20. The molecule has 0 heterocycles. The second kappa shape index (κ2) is 7.92. The van der Waals surface area contributed by atoms with Crippen molar-refractivity contribution in [3.63, 3.8) is 0 Å². The van der Waals surface area contributed by atoms with Crippen molar-refractivity contribution in [1.82, 2.24) is 4.90 Å². The highest BCUT2D eigenvalue weighted by Gasteiger charge is 2.05. The summed E-state index contributed by atoms with van der Waals surface area (Å²) in [6.45, 7) is 5.72. The van der Waals surface area contributed by atoms with Crippen LogP contribution in [0.1, 0.15) is 24.5 Å². The van der Waals surface area contributed by atoms with Crippen molar-refractivity contribution in [3.8, 4) is 0 Å². The molecule has 0 saturated heterocycles. The fraction of sp³-hybridized carbons (Fsp3) is 0.533. The van der Waals surface area contributed by atoms with Crippen LogP contribution < -0.4 is 5.32 Å². The predicted octanol–water partition coefficient (Wildman–Crippen LogP) is 2.42. The zero-order valence-electron chi connectivity index (χ0n) is 12.3. The first kappa shape index (κ1) is 15.7. The number of carbonyl (C=O) groups is 1. The number of amides is 1. The monoisotopic (exact) mass is 264 g/mol. The van der Waals surface area contributed by atoms with Gasteiger partial charge in [-0.15, -0.1) is 0 Å². The van der Waals surface area contributed by atoms with Crippen LogP contribution >= 0.6 is 0 Å². The van der Waals surface area contributed by atoms with Crippen molar-refractivity contribution in [3.05, 3.63) is 29.3 Å². The Hall–Kier alpha value is -1.39. The zero-order valence-corrected chi connectivity index (χ0v) is 12.3. The van der Waals surface area contributed by atoms with Gasteiger partial charge in [0.1, 0.15) is 6.61 Å². The van der Waals surface area contributed by atoms with E-state index in [4.69, 9.17) is 4.74 Å². The van der Waals surface area contributed by atoms with E-state index in [-0.39, 0.29) is 12.5 Å². The summed E-state index contributed by atoms with van der Waals surface area (Å²) in [6, 6.07) is 5.98. The quantitative estimate of drug-likeness (QED) is 0.769. The number of carbonyl (C=O) groups excluding carboxylic acids is 1. The molecule has 0 fully saturated rings. The number of benzene rings is 1. The Kier molecular flexibility index (Phi) is 6.53. The molecule has 0 atom stereocenters. The van der Waals surface area contributed by atoms with Crippen LogP contribution in [0.4, 0.5) is 5.69 Å². The summed E-state index contributed by atoms with van der Waals surface area (Å²) >= 11 is 0. The number of rotatable bonds is 7. The summed E-state index contributed by atoms with van der Waals surface area (Å²) in [4.78, 5) is 13.7. The molecule has 1 N–H and O–H groups in total. The lowest BCUT2D eigenvalue weighted by molar-refractivity contribution is -0.120. The van der Waals surface area contributed by atoms with Crippen LogP contribution in [-0.2, 0) is 16.1 Å². The van der Waals surface area contributed by atoms with Crippen LogP contribution in [0.5, 0.6) is 0 Å². The lowest BCUT2D eigenvalue weighted by Crippen LogP contribution is -2.19. The Labute approximate surface area is 115 Å². The number of nitrogens with one attached hydrogen (secondary N) is 1. The average Bonchev–Trinajstić information content (AvgIpc) is 2.32. The number of hydrogen-bond acceptors (Lipinski definition) is 3. The molecule has 0 aliphatic heterocycles. The Balaban J connectivity index is 2.55. The molecule has 0 unspecified atom stereocenters. The topological polar surface area (TPSA) is 41.6 Å². The van der Waals surface area contributed by atoms with Crippen LogP contribution in [0.15, 0.2) is 18.2 Å². The van der Waals surface area contributed by atoms with Gasteiger partial charge < -0.3 is 15.0 Å². The molecule has 0 aliphatic rings. The highest BCUT2D eigenvalue weighted by molar-refractivity contribution is 5.91. The van der Waals surface area contributed by atoms with Gasteiger partial charge in [-0.05, 0) is 50.7 Å². The van der Waals surface area contributed by atoms with Crippen molar-refractivity contribution in [2.45, 2.75) is 26.8 Å². The highest BCUT2D eigenvalue weighted by Crippen LogP contribution is 2.16. The van der Waals surface area contributed by atoms with Crippen LogP contribution in [-0.4, -0.2) is 38.1 Å². The highest BCUT2D eigenvalue weighted by atomic mass is 16.5. The van der Waals surface area contributed by atoms with Crippen molar-refractivity contribution >= 4 is 11.6 Å². The molecule has 19 heavy (non-hydrogen) atoms. The first-order chi connectivity index (χ1) is 9.02. The van der Waals surface area contributed by atoms with Gasteiger partial charge in [0.2, 0.25) is 5.91 Å². The molecular formula is C15H24N2O2. The molecule has 0 saturated carbocycles. The fourth-order valence-corrected chi connectivity index (χ4v) is 1.80. The van der Waals surface area contributed by atoms with Crippen molar-refractivity contribution in [2.75, 3.05) is 32.6 Å². The number of aryl methyl sites for hydroxylation is 1. The Bertz CT molecular complexity index is 417. The number of ether oxygens (including phenoxy) is 1. The van der Waals surface area contributed by atoms with Crippen LogP contribution in [0.2, 0.25) is 0 Å². The lowest BCUT2D eigenvalue weighted by atomic mass is 10.1. The van der Waals surface area contributed by atoms with E-state index in [0.717, 1.165) is 18.7 Å². The Morgan fingerprint density at radius 3 is 2.68 bits per heavy atom. The van der Waals surface area contributed by atoms with Crippen LogP contribution in [0.25, 0.3) is 0 Å². The first-order valence-electron chi connectivity index (χ1n) is 6.64. The maximum absolute atomic E-state index is 11.6. The summed E-state index contributed by atoms with van der Waals surface area (Å²) in [6.07, 6.45) is 0.922. The molecule has 0 aromatic heterocycles. The SMILES string of the molecule is CCCOCC(=O)Nc1ccc(CN(C)C)c(C)c1. The Morgan fingerprint density at radius 1 is 1.37 bits per heavy atom. The van der Waals surface area contributed by atoms with Gasteiger partial charge in [0, 0.05) is 18.8 Å². The molecule has 0 spiro atoms. The standard InChI is InChI=1S/C15H24N2O2/c1-5-8-19-11-15(18)16-14-7-6-13(10-17(3)4)12(2)9-14/h6-7,9H,5,8,10-11H2,1-4H3,(H,16,18). The Morgan fingerprint density at radius 2 is 2.11 bits per heavy atom. The summed E-state index contributed by atoms with van der Waals surface area (Å²) in [5.41, 5.74) is 3.27. The maximum Gasteiger partial charge on any atom is 0.250 e. The normalized spacial score (nSPS) is 10.8. The fourth-order valence-electron chi connectivity index (χ4n) is 1.80. The van der Waals surface area contributed by atoms with E-state index < -0.39 is 0 Å². The first-order valence-corrected chi connectivity index (χ1v) is 6.64. The van der Waals surface area contributed by atoms with Gasteiger partial charge in [0.05, 0.1) is 0 Å². The van der Waals surface area contributed by atoms with E-state index in [1.54, 1.807) is 0 Å². The largest absolute Gasteiger partial charge is 0.372 e. The molecule has 4 nitrogen and oxygen atoms in total. The van der Waals surface area contributed by atoms with Crippen molar-refractivity contribution < 1.29 is 9.53 Å². The predicted molar refractivity (Wildman–Crippen MR) is 78.3 cm³/mol. The number of nitrogens with zero attached hydrogens (tertiary/aromatic N) is 1. The van der Waals surface area contributed by atoms with E-state index in [1.807, 2.05) is 33.2 Å². The van der Waals surface area contributed by atoms with Crippen LogP contribution in [0.3, 0.4) is 0 Å². The van der Waals surface area contributed by atoms with E-state index >= 15 is 0 Å². The van der Waals surface area contributed by atoms with E-state index in [1.165, 1.54) is 11.1 Å². The van der Waals surface area contributed by atoms with Gasteiger partial charge in [0.25, 0.3) is 0 Å². The lowest BCUT2D eigenvalue weighted by Gasteiger charge is -2.13. The van der Waals surface area contributed by atoms with Gasteiger partial charge in [0.15, 0.2) is 0 Å². The maximum atomic E-state index is 11.6. The van der Waals surface area contributed by atoms with Crippen molar-refractivity contribution in [2.24, 2.45) is 0 Å². The van der Waals surface area contributed by atoms with Gasteiger partial charge in [-0.2, -0.15) is 0 Å². The molecule has 4 heteroatoms. The van der Waals surface area contributed by atoms with Crippen molar-refractivity contribution in [1.29, 1.82) is 0 Å². The molecule has 1 rings (SSSR count). The molecule has 0 aliphatic carbocycles. The average molecular weight is 264 g/mol. The van der Waals surface area contributed by atoms with Gasteiger partial charge in [-0.1, -0.05) is 13.0 Å².